The second-order valence-corrected chi connectivity index (χ2v) is 6.93. The van der Waals surface area contributed by atoms with Crippen LogP contribution < -0.4 is 9.64 Å². The van der Waals surface area contributed by atoms with E-state index in [0.717, 1.165) is 37.9 Å². The Bertz CT molecular complexity index is 663. The SMILES string of the molecule is O=C1CCCN1c1cccc(OCC(=O)N2CCO[C@@H]3CCC[C@H]32)c1. The first-order valence-corrected chi connectivity index (χ1v) is 9.17. The maximum Gasteiger partial charge on any atom is 0.260 e. The molecule has 2 aliphatic heterocycles. The molecule has 2 saturated heterocycles. The van der Waals surface area contributed by atoms with Crippen molar-refractivity contribution in [3.8, 4) is 5.75 Å². The van der Waals surface area contributed by atoms with Gasteiger partial charge in [0.25, 0.3) is 5.91 Å². The topological polar surface area (TPSA) is 59.1 Å². The minimum atomic E-state index is 0.0165. The van der Waals surface area contributed by atoms with E-state index in [4.69, 9.17) is 9.47 Å². The van der Waals surface area contributed by atoms with Crippen molar-refractivity contribution in [1.82, 2.24) is 4.90 Å². The van der Waals surface area contributed by atoms with Gasteiger partial charge in [0.2, 0.25) is 5.91 Å². The van der Waals surface area contributed by atoms with Crippen molar-refractivity contribution >= 4 is 17.5 Å². The van der Waals surface area contributed by atoms with Gasteiger partial charge in [-0.1, -0.05) is 6.07 Å². The maximum absolute atomic E-state index is 12.6. The first-order valence-electron chi connectivity index (χ1n) is 9.17. The maximum atomic E-state index is 12.6. The Morgan fingerprint density at radius 2 is 2.16 bits per heavy atom. The average molecular weight is 344 g/mol. The number of hydrogen-bond donors (Lipinski definition) is 0. The molecule has 3 fully saturated rings. The number of amides is 2. The molecule has 4 rings (SSSR count). The summed E-state index contributed by atoms with van der Waals surface area (Å²) in [6, 6.07) is 7.65. The van der Waals surface area contributed by atoms with E-state index >= 15 is 0 Å². The molecule has 1 aliphatic carbocycles. The second kappa shape index (κ2) is 7.04. The van der Waals surface area contributed by atoms with E-state index in [0.29, 0.717) is 25.3 Å². The smallest absolute Gasteiger partial charge is 0.260 e. The number of rotatable bonds is 4. The molecule has 0 bridgehead atoms. The van der Waals surface area contributed by atoms with Gasteiger partial charge >= 0.3 is 0 Å². The zero-order chi connectivity index (χ0) is 17.2. The number of hydrogen-bond acceptors (Lipinski definition) is 4. The summed E-state index contributed by atoms with van der Waals surface area (Å²) in [5.41, 5.74) is 0.842. The Morgan fingerprint density at radius 1 is 1.24 bits per heavy atom. The van der Waals surface area contributed by atoms with Crippen LogP contribution in [0.5, 0.6) is 5.75 Å². The van der Waals surface area contributed by atoms with E-state index in [1.165, 1.54) is 0 Å². The molecule has 0 spiro atoms. The molecule has 1 saturated carbocycles. The molecule has 2 amide bonds. The second-order valence-electron chi connectivity index (χ2n) is 6.93. The van der Waals surface area contributed by atoms with Crippen LogP contribution in [0.25, 0.3) is 0 Å². The zero-order valence-corrected chi connectivity index (χ0v) is 14.4. The lowest BCUT2D eigenvalue weighted by molar-refractivity contribution is -0.146. The number of morpholine rings is 1. The Hall–Kier alpha value is -2.08. The largest absolute Gasteiger partial charge is 0.484 e. The van der Waals surface area contributed by atoms with E-state index in [1.807, 2.05) is 29.2 Å². The summed E-state index contributed by atoms with van der Waals surface area (Å²) < 4.78 is 11.5. The van der Waals surface area contributed by atoms with Gasteiger partial charge in [-0.3, -0.25) is 9.59 Å². The molecule has 3 aliphatic rings. The van der Waals surface area contributed by atoms with Crippen LogP contribution in [0.3, 0.4) is 0 Å². The van der Waals surface area contributed by atoms with Crippen LogP contribution in [-0.4, -0.2) is 55.2 Å². The zero-order valence-electron chi connectivity index (χ0n) is 14.4. The minimum Gasteiger partial charge on any atom is -0.484 e. The number of ether oxygens (including phenoxy) is 2. The predicted molar refractivity (Wildman–Crippen MR) is 92.6 cm³/mol. The third-order valence-corrected chi connectivity index (χ3v) is 5.37. The molecule has 0 N–H and O–H groups in total. The molecule has 0 radical (unpaired) electrons. The van der Waals surface area contributed by atoms with E-state index in [1.54, 1.807) is 4.90 Å². The number of benzene rings is 1. The Morgan fingerprint density at radius 3 is 3.00 bits per heavy atom. The van der Waals surface area contributed by atoms with Gasteiger partial charge in [-0.25, -0.2) is 0 Å². The van der Waals surface area contributed by atoms with Gasteiger partial charge in [0.1, 0.15) is 5.75 Å². The predicted octanol–water partition coefficient (Wildman–Crippen LogP) is 1.97. The van der Waals surface area contributed by atoms with Crippen molar-refractivity contribution in [2.75, 3.05) is 31.2 Å². The van der Waals surface area contributed by atoms with E-state index in [-0.39, 0.29) is 30.6 Å². The Balaban J connectivity index is 1.38. The lowest BCUT2D eigenvalue weighted by atomic mass is 10.1. The standard InChI is InChI=1S/C19H24N2O4/c22-18-8-3-9-20(18)14-4-1-5-15(12-14)25-13-19(23)21-10-11-24-17-7-2-6-16(17)21/h1,4-5,12,16-17H,2-3,6-11,13H2/t16-,17-/m1/s1. The Labute approximate surface area is 147 Å². The van der Waals surface area contributed by atoms with Gasteiger partial charge in [-0.15, -0.1) is 0 Å². The van der Waals surface area contributed by atoms with Crippen molar-refractivity contribution in [1.29, 1.82) is 0 Å². The highest BCUT2D eigenvalue weighted by atomic mass is 16.5. The van der Waals surface area contributed by atoms with Gasteiger partial charge < -0.3 is 19.3 Å². The van der Waals surface area contributed by atoms with Crippen molar-refractivity contribution < 1.29 is 19.1 Å². The van der Waals surface area contributed by atoms with Crippen LogP contribution in [0.4, 0.5) is 5.69 Å². The highest BCUT2D eigenvalue weighted by Crippen LogP contribution is 2.30. The molecule has 1 aromatic carbocycles. The number of carbonyl (C=O) groups excluding carboxylic acids is 2. The molecular weight excluding hydrogens is 320 g/mol. The van der Waals surface area contributed by atoms with Gasteiger partial charge in [-0.05, 0) is 37.8 Å². The molecule has 6 heteroatoms. The monoisotopic (exact) mass is 344 g/mol. The van der Waals surface area contributed by atoms with Crippen molar-refractivity contribution in [3.63, 3.8) is 0 Å². The summed E-state index contributed by atoms with van der Waals surface area (Å²) in [6.45, 7) is 2.03. The molecule has 0 unspecified atom stereocenters. The van der Waals surface area contributed by atoms with Gasteiger partial charge in [-0.2, -0.15) is 0 Å². The average Bonchev–Trinajstić information content (AvgIpc) is 3.28. The Kier molecular flexibility index (Phi) is 4.61. The molecule has 2 atom stereocenters. The fraction of sp³-hybridized carbons (Fsp3) is 0.579. The van der Waals surface area contributed by atoms with Crippen LogP contribution in [-0.2, 0) is 14.3 Å². The van der Waals surface area contributed by atoms with Crippen LogP contribution >= 0.6 is 0 Å². The van der Waals surface area contributed by atoms with Gasteiger partial charge in [0, 0.05) is 31.3 Å². The van der Waals surface area contributed by atoms with E-state index < -0.39 is 0 Å². The first kappa shape index (κ1) is 16.4. The third-order valence-electron chi connectivity index (χ3n) is 5.37. The summed E-state index contributed by atoms with van der Waals surface area (Å²) in [6.07, 6.45) is 4.86. The summed E-state index contributed by atoms with van der Waals surface area (Å²) in [5.74, 6) is 0.790. The molecule has 6 nitrogen and oxygen atoms in total. The number of fused-ring (bicyclic) bond motifs is 1. The lowest BCUT2D eigenvalue weighted by Crippen LogP contribution is -2.52. The lowest BCUT2D eigenvalue weighted by Gasteiger charge is -2.37. The van der Waals surface area contributed by atoms with Crippen molar-refractivity contribution in [2.24, 2.45) is 0 Å². The number of anilines is 1. The van der Waals surface area contributed by atoms with E-state index in [2.05, 4.69) is 0 Å². The summed E-state index contributed by atoms with van der Waals surface area (Å²) in [5, 5.41) is 0. The highest BCUT2D eigenvalue weighted by molar-refractivity contribution is 5.95. The fourth-order valence-electron chi connectivity index (χ4n) is 4.13. The summed E-state index contributed by atoms with van der Waals surface area (Å²) in [4.78, 5) is 28.2. The summed E-state index contributed by atoms with van der Waals surface area (Å²) in [7, 11) is 0. The van der Waals surface area contributed by atoms with Crippen LogP contribution in [0.1, 0.15) is 32.1 Å². The molecule has 2 heterocycles. The van der Waals surface area contributed by atoms with E-state index in [9.17, 15) is 9.59 Å². The van der Waals surface area contributed by atoms with Crippen LogP contribution in [0, 0.1) is 0 Å². The molecule has 134 valence electrons. The molecule has 0 aromatic heterocycles. The molecule has 25 heavy (non-hydrogen) atoms. The quantitative estimate of drug-likeness (QED) is 0.838. The highest BCUT2D eigenvalue weighted by Gasteiger charge is 2.38. The minimum absolute atomic E-state index is 0.0165. The fourth-order valence-corrected chi connectivity index (χ4v) is 4.13. The van der Waals surface area contributed by atoms with Gasteiger partial charge in [0.15, 0.2) is 6.61 Å². The third kappa shape index (κ3) is 3.35. The number of carbonyl (C=O) groups is 2. The molecule has 1 aromatic rings. The van der Waals surface area contributed by atoms with Gasteiger partial charge in [0.05, 0.1) is 18.8 Å². The first-order chi connectivity index (χ1) is 12.2. The van der Waals surface area contributed by atoms with Crippen LogP contribution in [0.2, 0.25) is 0 Å². The normalized spacial score (nSPS) is 26.0. The summed E-state index contributed by atoms with van der Waals surface area (Å²) >= 11 is 0. The number of nitrogens with zero attached hydrogens (tertiary/aromatic N) is 2. The van der Waals surface area contributed by atoms with Crippen LogP contribution in [0.15, 0.2) is 24.3 Å². The van der Waals surface area contributed by atoms with Crippen molar-refractivity contribution in [2.45, 2.75) is 44.2 Å². The van der Waals surface area contributed by atoms with Crippen molar-refractivity contribution in [3.05, 3.63) is 24.3 Å². The molecular formula is C19H24N2O4.